The van der Waals surface area contributed by atoms with Crippen LogP contribution in [0.3, 0.4) is 0 Å². The smallest absolute Gasteiger partial charge is 0.272 e. The zero-order valence-electron chi connectivity index (χ0n) is 11.3. The molecule has 21 heavy (non-hydrogen) atoms. The van der Waals surface area contributed by atoms with E-state index in [1.54, 1.807) is 31.3 Å². The fraction of sp³-hybridized carbons (Fsp3) is 0.200. The fourth-order valence-electron chi connectivity index (χ4n) is 2.23. The number of benzene rings is 2. The minimum Gasteiger partial charge on any atom is -0.313 e. The Bertz CT molecular complexity index is 664. The largest absolute Gasteiger partial charge is 0.313 e. The van der Waals surface area contributed by atoms with Gasteiger partial charge in [0.05, 0.1) is 4.92 Å². The molecule has 1 atom stereocenters. The average Bonchev–Trinajstić information content (AvgIpc) is 2.45. The molecule has 0 aliphatic rings. The molecule has 1 unspecified atom stereocenters. The van der Waals surface area contributed by atoms with Gasteiger partial charge in [-0.3, -0.25) is 10.1 Å². The Hall–Kier alpha value is -1.54. The van der Waals surface area contributed by atoms with Gasteiger partial charge in [-0.05, 0) is 53.8 Å². The number of hydrogen-bond donors (Lipinski definition) is 1. The molecule has 0 saturated heterocycles. The van der Waals surface area contributed by atoms with Crippen molar-refractivity contribution in [2.24, 2.45) is 0 Å². The molecule has 1 N–H and O–H groups in total. The molecule has 0 bridgehead atoms. The molecule has 0 aromatic heterocycles. The van der Waals surface area contributed by atoms with E-state index in [0.29, 0.717) is 12.0 Å². The van der Waals surface area contributed by atoms with E-state index in [2.05, 4.69) is 27.9 Å². The topological polar surface area (TPSA) is 55.2 Å². The van der Waals surface area contributed by atoms with Crippen molar-refractivity contribution in [1.29, 1.82) is 0 Å². The van der Waals surface area contributed by atoms with Crippen molar-refractivity contribution >= 4 is 28.3 Å². The monoisotopic (exact) mass is 400 g/mol. The number of nitrogens with one attached hydrogen (secondary N) is 1. The van der Waals surface area contributed by atoms with Crippen LogP contribution < -0.4 is 5.32 Å². The first kappa shape index (κ1) is 15.8. The first-order valence-corrected chi connectivity index (χ1v) is 7.45. The highest BCUT2D eigenvalue weighted by atomic mass is 127. The number of halogens is 2. The van der Waals surface area contributed by atoms with Crippen molar-refractivity contribution in [3.63, 3.8) is 0 Å². The van der Waals surface area contributed by atoms with Crippen LogP contribution in [0.1, 0.15) is 17.2 Å². The summed E-state index contributed by atoms with van der Waals surface area (Å²) >= 11 is 2.08. The fourth-order valence-corrected chi connectivity index (χ4v) is 3.09. The Morgan fingerprint density at radius 3 is 2.67 bits per heavy atom. The van der Waals surface area contributed by atoms with Crippen molar-refractivity contribution in [1.82, 2.24) is 5.32 Å². The van der Waals surface area contributed by atoms with Crippen LogP contribution in [-0.4, -0.2) is 12.0 Å². The van der Waals surface area contributed by atoms with E-state index in [1.165, 1.54) is 18.2 Å². The average molecular weight is 400 g/mol. The highest BCUT2D eigenvalue weighted by Crippen LogP contribution is 2.27. The van der Waals surface area contributed by atoms with E-state index in [4.69, 9.17) is 0 Å². The van der Waals surface area contributed by atoms with Crippen molar-refractivity contribution in [2.45, 2.75) is 12.5 Å². The second-order valence-corrected chi connectivity index (χ2v) is 5.76. The molecular weight excluding hydrogens is 386 g/mol. The molecule has 0 saturated carbocycles. The number of para-hydroxylation sites is 1. The van der Waals surface area contributed by atoms with E-state index in [1.807, 2.05) is 0 Å². The summed E-state index contributed by atoms with van der Waals surface area (Å²) in [5.74, 6) is -0.288. The van der Waals surface area contributed by atoms with Crippen LogP contribution in [0, 0.1) is 19.5 Å². The van der Waals surface area contributed by atoms with Crippen LogP contribution in [-0.2, 0) is 6.42 Å². The van der Waals surface area contributed by atoms with E-state index in [9.17, 15) is 14.5 Å². The molecule has 0 amide bonds. The van der Waals surface area contributed by atoms with E-state index >= 15 is 0 Å². The third kappa shape index (κ3) is 3.76. The lowest BCUT2D eigenvalue weighted by Crippen LogP contribution is -2.20. The SMILES string of the molecule is CNC(Cc1ccccc1[N+](=O)[O-])c1ccc(F)cc1I. The molecule has 0 radical (unpaired) electrons. The second-order valence-electron chi connectivity index (χ2n) is 4.60. The summed E-state index contributed by atoms with van der Waals surface area (Å²) in [7, 11) is 1.79. The molecular formula is C15H14FIN2O2. The van der Waals surface area contributed by atoms with Gasteiger partial charge in [0.15, 0.2) is 0 Å². The van der Waals surface area contributed by atoms with Crippen molar-refractivity contribution in [3.05, 3.63) is 73.1 Å². The number of nitro benzene ring substituents is 1. The standard InChI is InChI=1S/C15H14FIN2O2/c1-18-14(12-7-6-11(16)9-13(12)17)8-10-4-2-3-5-15(10)19(20)21/h2-7,9,14,18H,8H2,1H3. The number of nitro groups is 1. The quantitative estimate of drug-likeness (QED) is 0.472. The van der Waals surface area contributed by atoms with Gasteiger partial charge in [-0.25, -0.2) is 4.39 Å². The Morgan fingerprint density at radius 2 is 2.05 bits per heavy atom. The van der Waals surface area contributed by atoms with Crippen LogP contribution in [0.25, 0.3) is 0 Å². The van der Waals surface area contributed by atoms with Crippen LogP contribution >= 0.6 is 22.6 Å². The molecule has 110 valence electrons. The molecule has 2 rings (SSSR count). The van der Waals surface area contributed by atoms with Crippen LogP contribution in [0.5, 0.6) is 0 Å². The predicted molar refractivity (Wildman–Crippen MR) is 87.7 cm³/mol. The summed E-state index contributed by atoms with van der Waals surface area (Å²) in [6.45, 7) is 0. The van der Waals surface area contributed by atoms with Gasteiger partial charge < -0.3 is 5.32 Å². The first-order chi connectivity index (χ1) is 10.0. The molecule has 6 heteroatoms. The van der Waals surface area contributed by atoms with Gasteiger partial charge in [-0.15, -0.1) is 0 Å². The van der Waals surface area contributed by atoms with Gasteiger partial charge in [-0.1, -0.05) is 24.3 Å². The van der Waals surface area contributed by atoms with Crippen molar-refractivity contribution in [2.75, 3.05) is 7.05 Å². The second kappa shape index (κ2) is 6.95. The maximum absolute atomic E-state index is 13.2. The molecule has 2 aromatic rings. The summed E-state index contributed by atoms with van der Waals surface area (Å²) in [5, 5.41) is 14.2. The third-order valence-corrected chi connectivity index (χ3v) is 4.23. The van der Waals surface area contributed by atoms with Crippen molar-refractivity contribution < 1.29 is 9.31 Å². The number of hydrogen-bond acceptors (Lipinski definition) is 3. The van der Waals surface area contributed by atoms with Gasteiger partial charge in [-0.2, -0.15) is 0 Å². The normalized spacial score (nSPS) is 12.1. The molecule has 0 aliphatic carbocycles. The molecule has 0 aliphatic heterocycles. The Morgan fingerprint density at radius 1 is 1.33 bits per heavy atom. The van der Waals surface area contributed by atoms with E-state index in [-0.39, 0.29) is 22.5 Å². The van der Waals surface area contributed by atoms with Gasteiger partial charge in [0.25, 0.3) is 5.69 Å². The Labute approximate surface area is 135 Å². The van der Waals surface area contributed by atoms with Crippen LogP contribution in [0.4, 0.5) is 10.1 Å². The summed E-state index contributed by atoms with van der Waals surface area (Å²) < 4.78 is 14.0. The first-order valence-electron chi connectivity index (χ1n) is 6.37. The predicted octanol–water partition coefficient (Wildman–Crippen LogP) is 3.84. The summed E-state index contributed by atoms with van der Waals surface area (Å²) in [6, 6.07) is 11.1. The summed E-state index contributed by atoms with van der Waals surface area (Å²) in [4.78, 5) is 10.7. The number of rotatable bonds is 5. The lowest BCUT2D eigenvalue weighted by atomic mass is 9.98. The molecule has 2 aromatic carbocycles. The Balaban J connectivity index is 2.34. The summed E-state index contributed by atoms with van der Waals surface area (Å²) in [6.07, 6.45) is 0.468. The lowest BCUT2D eigenvalue weighted by Gasteiger charge is -2.18. The highest BCUT2D eigenvalue weighted by molar-refractivity contribution is 14.1. The van der Waals surface area contributed by atoms with Gasteiger partial charge in [0.2, 0.25) is 0 Å². The minimum absolute atomic E-state index is 0.106. The summed E-state index contributed by atoms with van der Waals surface area (Å²) in [5.41, 5.74) is 1.69. The van der Waals surface area contributed by atoms with E-state index in [0.717, 1.165) is 9.13 Å². The third-order valence-electron chi connectivity index (χ3n) is 3.30. The molecule has 0 spiro atoms. The maximum Gasteiger partial charge on any atom is 0.272 e. The number of nitrogens with zero attached hydrogens (tertiary/aromatic N) is 1. The Kier molecular flexibility index (Phi) is 5.24. The zero-order valence-corrected chi connectivity index (χ0v) is 13.5. The molecule has 4 nitrogen and oxygen atoms in total. The highest BCUT2D eigenvalue weighted by Gasteiger charge is 2.19. The van der Waals surface area contributed by atoms with Gasteiger partial charge in [0.1, 0.15) is 5.82 Å². The number of likely N-dealkylation sites (N-methyl/N-ethyl adjacent to an activating group) is 1. The van der Waals surface area contributed by atoms with Crippen LogP contribution in [0.2, 0.25) is 0 Å². The van der Waals surface area contributed by atoms with Crippen molar-refractivity contribution in [3.8, 4) is 0 Å². The van der Waals surface area contributed by atoms with Gasteiger partial charge >= 0.3 is 0 Å². The van der Waals surface area contributed by atoms with Crippen LogP contribution in [0.15, 0.2) is 42.5 Å². The minimum atomic E-state index is -0.377. The molecule has 0 fully saturated rings. The van der Waals surface area contributed by atoms with E-state index < -0.39 is 0 Å². The van der Waals surface area contributed by atoms with Gasteiger partial charge in [0, 0.05) is 21.2 Å². The lowest BCUT2D eigenvalue weighted by molar-refractivity contribution is -0.385. The maximum atomic E-state index is 13.2. The molecule has 0 heterocycles. The zero-order chi connectivity index (χ0) is 15.4.